The number of nitrogens with one attached hydrogen (secondary N) is 2. The van der Waals surface area contributed by atoms with E-state index in [1.165, 1.54) is 18.2 Å². The van der Waals surface area contributed by atoms with Gasteiger partial charge in [0, 0.05) is 25.3 Å². The number of carbonyl (C=O) groups excluding carboxylic acids is 2. The highest BCUT2D eigenvalue weighted by molar-refractivity contribution is 7.92. The Labute approximate surface area is 197 Å². The van der Waals surface area contributed by atoms with Gasteiger partial charge in [-0.3, -0.25) is 24.0 Å². The Kier molecular flexibility index (Phi) is 7.84. The summed E-state index contributed by atoms with van der Waals surface area (Å²) in [6.07, 6.45) is 2.66. The maximum atomic E-state index is 12.8. The first kappa shape index (κ1) is 25.1. The highest BCUT2D eigenvalue weighted by Crippen LogP contribution is 2.27. The summed E-state index contributed by atoms with van der Waals surface area (Å²) in [6.45, 7) is 1.96. The van der Waals surface area contributed by atoms with Crippen LogP contribution in [0.15, 0.2) is 42.5 Å². The largest absolute Gasteiger partial charge is 0.376 e. The van der Waals surface area contributed by atoms with Crippen LogP contribution in [0.2, 0.25) is 0 Å². The van der Waals surface area contributed by atoms with E-state index in [9.17, 15) is 28.1 Å². The molecule has 182 valence electrons. The summed E-state index contributed by atoms with van der Waals surface area (Å²) < 4.78 is 31.2. The zero-order valence-corrected chi connectivity index (χ0v) is 19.6. The molecule has 1 aliphatic rings. The number of nitrogens with zero attached hydrogens (tertiary/aromatic N) is 2. The number of aryl methyl sites for hydroxylation is 1. The van der Waals surface area contributed by atoms with Crippen molar-refractivity contribution >= 4 is 38.9 Å². The van der Waals surface area contributed by atoms with Crippen LogP contribution in [0.5, 0.6) is 0 Å². The molecule has 2 amide bonds. The van der Waals surface area contributed by atoms with Crippen LogP contribution < -0.4 is 14.9 Å². The van der Waals surface area contributed by atoms with E-state index in [2.05, 4.69) is 10.6 Å². The number of hydrogen-bond donors (Lipinski definition) is 2. The maximum Gasteiger partial charge on any atom is 0.271 e. The van der Waals surface area contributed by atoms with E-state index in [4.69, 9.17) is 4.74 Å². The third-order valence-electron chi connectivity index (χ3n) is 5.32. The third kappa shape index (κ3) is 6.29. The van der Waals surface area contributed by atoms with Gasteiger partial charge in [0.1, 0.15) is 6.54 Å². The van der Waals surface area contributed by atoms with Crippen LogP contribution in [-0.2, 0) is 19.6 Å². The smallest absolute Gasteiger partial charge is 0.271 e. The molecular formula is C22H26N4O7S. The highest BCUT2D eigenvalue weighted by Gasteiger charge is 2.25. The second-order valence-electron chi connectivity index (χ2n) is 7.94. The van der Waals surface area contributed by atoms with Crippen molar-refractivity contribution in [2.75, 3.05) is 35.6 Å². The topological polar surface area (TPSA) is 148 Å². The van der Waals surface area contributed by atoms with Crippen LogP contribution >= 0.6 is 0 Å². The van der Waals surface area contributed by atoms with Gasteiger partial charge in [-0.05, 0) is 37.5 Å². The molecule has 1 saturated heterocycles. The van der Waals surface area contributed by atoms with E-state index < -0.39 is 33.3 Å². The molecule has 0 aromatic heterocycles. The zero-order chi connectivity index (χ0) is 24.9. The molecule has 34 heavy (non-hydrogen) atoms. The molecule has 1 heterocycles. The maximum absolute atomic E-state index is 12.8. The SMILES string of the molecule is Cc1ccc([N+](=O)[O-])cc1N(CC(=O)Nc1ccccc1C(=O)NC[C@H]1CCCO1)S(C)(=O)=O. The number of nitro benzene ring substituents is 1. The van der Waals surface area contributed by atoms with Crippen molar-refractivity contribution in [1.29, 1.82) is 0 Å². The first-order chi connectivity index (χ1) is 16.1. The monoisotopic (exact) mass is 490 g/mol. The Morgan fingerprint density at radius 3 is 2.62 bits per heavy atom. The first-order valence-electron chi connectivity index (χ1n) is 10.6. The Bertz CT molecular complexity index is 1190. The summed E-state index contributed by atoms with van der Waals surface area (Å²) >= 11 is 0. The lowest BCUT2D eigenvalue weighted by Crippen LogP contribution is -2.38. The molecule has 0 saturated carbocycles. The third-order valence-corrected chi connectivity index (χ3v) is 6.45. The van der Waals surface area contributed by atoms with Crippen LogP contribution in [-0.4, -0.2) is 57.2 Å². The molecule has 3 rings (SSSR count). The molecule has 11 nitrogen and oxygen atoms in total. The number of carbonyl (C=O) groups is 2. The van der Waals surface area contributed by atoms with Crippen molar-refractivity contribution < 1.29 is 27.7 Å². The fourth-order valence-corrected chi connectivity index (χ4v) is 4.48. The molecule has 2 N–H and O–H groups in total. The average Bonchev–Trinajstić information content (AvgIpc) is 3.29. The number of para-hydroxylation sites is 1. The summed E-state index contributed by atoms with van der Waals surface area (Å²) in [5.74, 6) is -1.11. The van der Waals surface area contributed by atoms with E-state index in [0.717, 1.165) is 29.5 Å². The number of rotatable bonds is 9. The van der Waals surface area contributed by atoms with Crippen LogP contribution in [0.25, 0.3) is 0 Å². The van der Waals surface area contributed by atoms with Gasteiger partial charge in [-0.2, -0.15) is 0 Å². The predicted molar refractivity (Wildman–Crippen MR) is 126 cm³/mol. The number of sulfonamides is 1. The first-order valence-corrected chi connectivity index (χ1v) is 12.4. The number of non-ortho nitro benzene ring substituents is 1. The van der Waals surface area contributed by atoms with E-state index in [0.29, 0.717) is 18.7 Å². The summed E-state index contributed by atoms with van der Waals surface area (Å²) in [7, 11) is -3.96. The lowest BCUT2D eigenvalue weighted by molar-refractivity contribution is -0.384. The molecule has 2 aromatic rings. The number of anilines is 2. The van der Waals surface area contributed by atoms with Crippen molar-refractivity contribution in [2.45, 2.75) is 25.9 Å². The van der Waals surface area contributed by atoms with Gasteiger partial charge in [-0.15, -0.1) is 0 Å². The fourth-order valence-electron chi connectivity index (χ4n) is 3.58. The molecule has 0 radical (unpaired) electrons. The van der Waals surface area contributed by atoms with Crippen LogP contribution in [0.4, 0.5) is 17.1 Å². The van der Waals surface area contributed by atoms with Gasteiger partial charge in [0.25, 0.3) is 11.6 Å². The minimum Gasteiger partial charge on any atom is -0.376 e. The van der Waals surface area contributed by atoms with Gasteiger partial charge < -0.3 is 15.4 Å². The predicted octanol–water partition coefficient (Wildman–Crippen LogP) is 2.22. The van der Waals surface area contributed by atoms with Crippen LogP contribution in [0.3, 0.4) is 0 Å². The summed E-state index contributed by atoms with van der Waals surface area (Å²) in [4.78, 5) is 36.0. The quantitative estimate of drug-likeness (QED) is 0.404. The summed E-state index contributed by atoms with van der Waals surface area (Å²) in [5, 5.41) is 16.5. The molecule has 2 aromatic carbocycles. The van der Waals surface area contributed by atoms with E-state index in [-0.39, 0.29) is 28.7 Å². The molecule has 0 aliphatic carbocycles. The minimum atomic E-state index is -3.96. The Morgan fingerprint density at radius 1 is 1.24 bits per heavy atom. The van der Waals surface area contributed by atoms with Gasteiger partial charge in [-0.25, -0.2) is 8.42 Å². The Morgan fingerprint density at radius 2 is 1.97 bits per heavy atom. The molecule has 1 atom stereocenters. The second kappa shape index (κ2) is 10.6. The highest BCUT2D eigenvalue weighted by atomic mass is 32.2. The van der Waals surface area contributed by atoms with Crippen LogP contribution in [0, 0.1) is 17.0 Å². The van der Waals surface area contributed by atoms with Gasteiger partial charge in [0.15, 0.2) is 0 Å². The number of ether oxygens (including phenoxy) is 1. The normalized spacial score (nSPS) is 15.5. The molecule has 12 heteroatoms. The van der Waals surface area contributed by atoms with Gasteiger partial charge in [0.05, 0.1) is 34.2 Å². The molecule has 1 fully saturated rings. The van der Waals surface area contributed by atoms with Crippen molar-refractivity contribution in [3.05, 3.63) is 63.7 Å². The van der Waals surface area contributed by atoms with Gasteiger partial charge in [-0.1, -0.05) is 18.2 Å². The fraction of sp³-hybridized carbons (Fsp3) is 0.364. The second-order valence-corrected chi connectivity index (χ2v) is 9.84. The van der Waals surface area contributed by atoms with Crippen LogP contribution in [0.1, 0.15) is 28.8 Å². The summed E-state index contributed by atoms with van der Waals surface area (Å²) in [6, 6.07) is 10.1. The molecule has 1 aliphatic heterocycles. The number of amides is 2. The van der Waals surface area contributed by atoms with E-state index >= 15 is 0 Å². The molecule has 0 unspecified atom stereocenters. The standard InChI is InChI=1S/C22H26N4O7S/c1-15-9-10-16(26(29)30)12-20(15)25(34(2,31)32)14-21(27)24-19-8-4-3-7-18(19)22(28)23-13-17-6-5-11-33-17/h3-4,7-10,12,17H,5-6,11,13-14H2,1-2H3,(H,23,28)(H,24,27)/t17-/m1/s1. The average molecular weight is 491 g/mol. The Balaban J connectivity index is 1.78. The van der Waals surface area contributed by atoms with Gasteiger partial charge in [0.2, 0.25) is 15.9 Å². The number of hydrogen-bond acceptors (Lipinski definition) is 7. The number of benzene rings is 2. The molecule has 0 bridgehead atoms. The number of nitro groups is 1. The Hall–Kier alpha value is -3.51. The van der Waals surface area contributed by atoms with Crippen molar-refractivity contribution in [2.24, 2.45) is 0 Å². The zero-order valence-electron chi connectivity index (χ0n) is 18.8. The van der Waals surface area contributed by atoms with Crippen molar-refractivity contribution in [3.8, 4) is 0 Å². The lowest BCUT2D eigenvalue weighted by Gasteiger charge is -2.23. The van der Waals surface area contributed by atoms with Crippen molar-refractivity contribution in [1.82, 2.24) is 5.32 Å². The van der Waals surface area contributed by atoms with E-state index in [1.54, 1.807) is 25.1 Å². The minimum absolute atomic E-state index is 0.0226. The molecular weight excluding hydrogens is 464 g/mol. The van der Waals surface area contributed by atoms with Crippen molar-refractivity contribution in [3.63, 3.8) is 0 Å². The lowest BCUT2D eigenvalue weighted by atomic mass is 10.1. The summed E-state index contributed by atoms with van der Waals surface area (Å²) in [5.41, 5.74) is 0.586. The van der Waals surface area contributed by atoms with Gasteiger partial charge >= 0.3 is 0 Å². The van der Waals surface area contributed by atoms with E-state index in [1.807, 2.05) is 0 Å². The molecule has 0 spiro atoms.